The first-order valence-corrected chi connectivity index (χ1v) is 8.75. The summed E-state index contributed by atoms with van der Waals surface area (Å²) in [6.07, 6.45) is 0. The zero-order valence-corrected chi connectivity index (χ0v) is 13.9. The van der Waals surface area contributed by atoms with E-state index in [9.17, 15) is 8.42 Å². The Kier molecular flexibility index (Phi) is 5.03. The van der Waals surface area contributed by atoms with Crippen molar-refractivity contribution >= 4 is 25.8 Å². The molecule has 0 heterocycles. The van der Waals surface area contributed by atoms with E-state index in [0.717, 1.165) is 10.0 Å². The predicted octanol–water partition coefficient (Wildman–Crippen LogP) is 2.89. The molecule has 112 valence electrons. The highest BCUT2D eigenvalue weighted by atomic mass is 79.9. The fraction of sp³-hybridized carbons (Fsp3) is 0.200. The smallest absolute Gasteiger partial charge is 0.182 e. The topological polar surface area (TPSA) is 69.4 Å². The van der Waals surface area contributed by atoms with Crippen LogP contribution >= 0.6 is 15.9 Å². The number of rotatable bonds is 5. The Morgan fingerprint density at radius 1 is 1.14 bits per heavy atom. The van der Waals surface area contributed by atoms with Crippen LogP contribution in [0.15, 0.2) is 51.8 Å². The first-order valence-electron chi connectivity index (χ1n) is 6.30. The molecule has 4 nitrogen and oxygen atoms in total. The van der Waals surface area contributed by atoms with E-state index in [2.05, 4.69) is 15.9 Å². The Morgan fingerprint density at radius 2 is 1.81 bits per heavy atom. The maximum atomic E-state index is 12.4. The summed E-state index contributed by atoms with van der Waals surface area (Å²) in [5.74, 6) is 0.605. The molecular weight excluding hydrogens is 354 g/mol. The Hall–Kier alpha value is -1.37. The van der Waals surface area contributed by atoms with Gasteiger partial charge in [-0.25, -0.2) is 8.42 Å². The van der Waals surface area contributed by atoms with Crippen LogP contribution in [0.3, 0.4) is 0 Å². The quantitative estimate of drug-likeness (QED) is 0.879. The summed E-state index contributed by atoms with van der Waals surface area (Å²) >= 11 is 3.29. The minimum atomic E-state index is -3.38. The van der Waals surface area contributed by atoms with Gasteiger partial charge in [-0.1, -0.05) is 22.0 Å². The second kappa shape index (κ2) is 6.60. The molecule has 21 heavy (non-hydrogen) atoms. The molecule has 0 amide bonds. The lowest BCUT2D eigenvalue weighted by Crippen LogP contribution is -2.07. The summed E-state index contributed by atoms with van der Waals surface area (Å²) in [6.45, 7) is 0.301. The third-order valence-corrected chi connectivity index (χ3v) is 5.33. The number of hydrogen-bond acceptors (Lipinski definition) is 4. The highest BCUT2D eigenvalue weighted by Gasteiger charge is 2.16. The van der Waals surface area contributed by atoms with Crippen LogP contribution < -0.4 is 10.5 Å². The molecule has 0 aliphatic rings. The van der Waals surface area contributed by atoms with Gasteiger partial charge < -0.3 is 10.5 Å². The van der Waals surface area contributed by atoms with Gasteiger partial charge in [-0.3, -0.25) is 0 Å². The van der Waals surface area contributed by atoms with Crippen molar-refractivity contribution in [2.24, 2.45) is 5.73 Å². The monoisotopic (exact) mass is 369 g/mol. The zero-order valence-electron chi connectivity index (χ0n) is 11.5. The van der Waals surface area contributed by atoms with Crippen molar-refractivity contribution in [1.29, 1.82) is 0 Å². The van der Waals surface area contributed by atoms with Gasteiger partial charge in [0.25, 0.3) is 0 Å². The first kappa shape index (κ1) is 16.0. The van der Waals surface area contributed by atoms with Gasteiger partial charge in [-0.05, 0) is 42.0 Å². The number of hydrogen-bond donors (Lipinski definition) is 1. The maximum absolute atomic E-state index is 12.4. The molecule has 0 fully saturated rings. The lowest BCUT2D eigenvalue weighted by molar-refractivity contribution is 0.409. The zero-order chi connectivity index (χ0) is 15.5. The third kappa shape index (κ3) is 3.84. The lowest BCUT2D eigenvalue weighted by atomic mass is 10.1. The molecule has 0 saturated heterocycles. The number of halogens is 1. The fourth-order valence-corrected chi connectivity index (χ4v) is 3.63. The molecule has 0 aliphatic heterocycles. The number of benzene rings is 2. The average Bonchev–Trinajstić information content (AvgIpc) is 2.47. The molecule has 0 unspecified atom stereocenters. The lowest BCUT2D eigenvalue weighted by Gasteiger charge is -2.10. The van der Waals surface area contributed by atoms with Gasteiger partial charge in [0.05, 0.1) is 17.8 Å². The van der Waals surface area contributed by atoms with Crippen LogP contribution in [0.2, 0.25) is 0 Å². The van der Waals surface area contributed by atoms with E-state index < -0.39 is 9.84 Å². The summed E-state index contributed by atoms with van der Waals surface area (Å²) in [6, 6.07) is 11.9. The Labute approximate surface area is 133 Å². The molecular formula is C15H16BrNO3S. The standard InChI is InChI=1S/C15H16BrNO3S/c1-20-15-7-2-11(8-12(15)9-17)10-21(18,19)14-5-3-13(16)4-6-14/h2-8H,9-10,17H2,1H3. The summed E-state index contributed by atoms with van der Waals surface area (Å²) in [7, 11) is -1.81. The van der Waals surface area contributed by atoms with Crippen LogP contribution in [0.25, 0.3) is 0 Å². The largest absolute Gasteiger partial charge is 0.496 e. The van der Waals surface area contributed by atoms with Crippen molar-refractivity contribution < 1.29 is 13.2 Å². The van der Waals surface area contributed by atoms with Crippen LogP contribution in [-0.2, 0) is 22.1 Å². The summed E-state index contributed by atoms with van der Waals surface area (Å²) in [5, 5.41) is 0. The van der Waals surface area contributed by atoms with Crippen molar-refractivity contribution in [3.63, 3.8) is 0 Å². The molecule has 0 saturated carbocycles. The normalized spacial score (nSPS) is 11.4. The molecule has 0 bridgehead atoms. The van der Waals surface area contributed by atoms with Crippen molar-refractivity contribution in [2.75, 3.05) is 7.11 Å². The van der Waals surface area contributed by atoms with E-state index in [1.807, 2.05) is 0 Å². The average molecular weight is 370 g/mol. The molecule has 2 N–H and O–H groups in total. The molecule has 2 rings (SSSR count). The van der Waals surface area contributed by atoms with Crippen LogP contribution in [0.1, 0.15) is 11.1 Å². The van der Waals surface area contributed by atoms with Gasteiger partial charge >= 0.3 is 0 Å². The minimum absolute atomic E-state index is 0.0639. The molecule has 0 radical (unpaired) electrons. The van der Waals surface area contributed by atoms with Crippen molar-refractivity contribution in [2.45, 2.75) is 17.2 Å². The molecule has 0 spiro atoms. The van der Waals surface area contributed by atoms with Gasteiger partial charge in [0.1, 0.15) is 5.75 Å². The predicted molar refractivity (Wildman–Crippen MR) is 85.9 cm³/mol. The van der Waals surface area contributed by atoms with E-state index in [1.165, 1.54) is 0 Å². The molecule has 0 aromatic heterocycles. The molecule has 6 heteroatoms. The molecule has 0 atom stereocenters. The summed E-state index contributed by atoms with van der Waals surface area (Å²) < 4.78 is 30.8. The number of sulfone groups is 1. The first-order chi connectivity index (χ1) is 9.96. The van der Waals surface area contributed by atoms with Crippen LogP contribution in [0, 0.1) is 0 Å². The molecule has 2 aromatic carbocycles. The highest BCUT2D eigenvalue weighted by molar-refractivity contribution is 9.10. The van der Waals surface area contributed by atoms with E-state index in [0.29, 0.717) is 22.8 Å². The highest BCUT2D eigenvalue weighted by Crippen LogP contribution is 2.23. The molecule has 2 aromatic rings. The maximum Gasteiger partial charge on any atom is 0.182 e. The van der Waals surface area contributed by atoms with Gasteiger partial charge in [0.2, 0.25) is 0 Å². The van der Waals surface area contributed by atoms with Gasteiger partial charge in [0.15, 0.2) is 9.84 Å². The Bertz CT molecular complexity index is 727. The Morgan fingerprint density at radius 3 is 2.38 bits per heavy atom. The summed E-state index contributed by atoms with van der Waals surface area (Å²) in [5.41, 5.74) is 7.14. The van der Waals surface area contributed by atoms with Gasteiger partial charge in [0, 0.05) is 16.6 Å². The van der Waals surface area contributed by atoms with Crippen molar-refractivity contribution in [3.8, 4) is 5.75 Å². The Balaban J connectivity index is 2.30. The number of ether oxygens (including phenoxy) is 1. The van der Waals surface area contributed by atoms with Crippen molar-refractivity contribution in [3.05, 3.63) is 58.1 Å². The van der Waals surface area contributed by atoms with Crippen LogP contribution in [0.4, 0.5) is 0 Å². The summed E-state index contributed by atoms with van der Waals surface area (Å²) in [4.78, 5) is 0.302. The second-order valence-electron chi connectivity index (χ2n) is 4.56. The fourth-order valence-electron chi connectivity index (χ4n) is 2.03. The second-order valence-corrected chi connectivity index (χ2v) is 7.47. The van der Waals surface area contributed by atoms with Crippen molar-refractivity contribution in [1.82, 2.24) is 0 Å². The van der Waals surface area contributed by atoms with E-state index >= 15 is 0 Å². The number of methoxy groups -OCH3 is 1. The van der Waals surface area contributed by atoms with Gasteiger partial charge in [-0.15, -0.1) is 0 Å². The van der Waals surface area contributed by atoms with E-state index in [4.69, 9.17) is 10.5 Å². The van der Waals surface area contributed by atoms with Gasteiger partial charge in [-0.2, -0.15) is 0 Å². The third-order valence-electron chi connectivity index (χ3n) is 3.09. The van der Waals surface area contributed by atoms with Crippen LogP contribution in [0.5, 0.6) is 5.75 Å². The molecule has 0 aliphatic carbocycles. The number of nitrogens with two attached hydrogens (primary N) is 1. The van der Waals surface area contributed by atoms with E-state index in [-0.39, 0.29) is 5.75 Å². The SMILES string of the molecule is COc1ccc(CS(=O)(=O)c2ccc(Br)cc2)cc1CN. The van der Waals surface area contributed by atoms with Crippen LogP contribution in [-0.4, -0.2) is 15.5 Å². The minimum Gasteiger partial charge on any atom is -0.496 e. The van der Waals surface area contributed by atoms with E-state index in [1.54, 1.807) is 49.6 Å².